The second kappa shape index (κ2) is 13.1. The smallest absolute Gasteiger partial charge is 0.258 e. The number of benzene rings is 4. The van der Waals surface area contributed by atoms with E-state index in [0.29, 0.717) is 24.7 Å². The summed E-state index contributed by atoms with van der Waals surface area (Å²) in [6.45, 7) is 0.909. The van der Waals surface area contributed by atoms with Crippen LogP contribution in [-0.2, 0) is 18.0 Å². The molecule has 198 valence electrons. The predicted octanol–water partition coefficient (Wildman–Crippen LogP) is 5.56. The number of hydrazine groups is 1. The van der Waals surface area contributed by atoms with Gasteiger partial charge in [-0.05, 0) is 65.6 Å². The first-order chi connectivity index (χ1) is 19.1. The lowest BCUT2D eigenvalue weighted by Crippen LogP contribution is -2.41. The highest BCUT2D eigenvalue weighted by molar-refractivity contribution is 6.31. The van der Waals surface area contributed by atoms with Gasteiger partial charge in [-0.15, -0.1) is 0 Å². The number of ether oxygens (including phenoxy) is 2. The first kappa shape index (κ1) is 26.4. The van der Waals surface area contributed by atoms with Crippen LogP contribution in [0.5, 0.6) is 11.5 Å². The molecule has 0 saturated carbocycles. The lowest BCUT2D eigenvalue weighted by molar-refractivity contribution is -0.122. The molecule has 0 spiro atoms. The van der Waals surface area contributed by atoms with Crippen LogP contribution in [0.1, 0.15) is 34.7 Å². The Hall–Kier alpha value is -4.17. The zero-order chi connectivity index (χ0) is 26.9. The molecule has 1 amide bonds. The number of rotatable bonds is 10. The summed E-state index contributed by atoms with van der Waals surface area (Å²) in [6, 6.07) is 32.6. The predicted molar refractivity (Wildman–Crippen MR) is 153 cm³/mol. The van der Waals surface area contributed by atoms with Crippen molar-refractivity contribution < 1.29 is 14.3 Å². The number of hydrogen-bond donors (Lipinski definition) is 3. The van der Waals surface area contributed by atoms with E-state index in [1.807, 2.05) is 103 Å². The van der Waals surface area contributed by atoms with Crippen molar-refractivity contribution in [3.05, 3.63) is 130 Å². The van der Waals surface area contributed by atoms with Gasteiger partial charge in [0.05, 0.1) is 6.21 Å². The largest absolute Gasteiger partial charge is 0.489 e. The normalized spacial score (nSPS) is 16.7. The molecule has 1 fully saturated rings. The van der Waals surface area contributed by atoms with Crippen molar-refractivity contribution in [3.8, 4) is 11.5 Å². The Morgan fingerprint density at radius 3 is 2.26 bits per heavy atom. The average Bonchev–Trinajstić information content (AvgIpc) is 3.48. The Kier molecular flexibility index (Phi) is 8.86. The Bertz CT molecular complexity index is 1400. The van der Waals surface area contributed by atoms with E-state index in [-0.39, 0.29) is 11.9 Å². The fraction of sp³-hybridized carbons (Fsp3) is 0.161. The van der Waals surface area contributed by atoms with Gasteiger partial charge in [-0.25, -0.2) is 16.3 Å². The average molecular weight is 541 g/mol. The highest BCUT2D eigenvalue weighted by atomic mass is 35.5. The van der Waals surface area contributed by atoms with E-state index in [9.17, 15) is 4.79 Å². The van der Waals surface area contributed by atoms with Crippen LogP contribution in [-0.4, -0.2) is 18.2 Å². The van der Waals surface area contributed by atoms with Crippen LogP contribution in [0.3, 0.4) is 0 Å². The number of nitrogens with zero attached hydrogens (tertiary/aromatic N) is 1. The quantitative estimate of drug-likeness (QED) is 0.181. The molecule has 0 aromatic heterocycles. The second-order valence-corrected chi connectivity index (χ2v) is 9.56. The van der Waals surface area contributed by atoms with Crippen molar-refractivity contribution in [2.75, 3.05) is 0 Å². The van der Waals surface area contributed by atoms with Gasteiger partial charge in [-0.2, -0.15) is 5.10 Å². The van der Waals surface area contributed by atoms with Gasteiger partial charge in [0.2, 0.25) is 0 Å². The van der Waals surface area contributed by atoms with Crippen LogP contribution in [0.2, 0.25) is 5.02 Å². The van der Waals surface area contributed by atoms with Gasteiger partial charge >= 0.3 is 0 Å². The third-order valence-corrected chi connectivity index (χ3v) is 6.74. The molecule has 0 radical (unpaired) electrons. The van der Waals surface area contributed by atoms with Crippen molar-refractivity contribution in [1.29, 1.82) is 0 Å². The monoisotopic (exact) mass is 540 g/mol. The Balaban J connectivity index is 1.06. The van der Waals surface area contributed by atoms with Gasteiger partial charge in [0.15, 0.2) is 0 Å². The molecule has 39 heavy (non-hydrogen) atoms. The highest BCUT2D eigenvalue weighted by Gasteiger charge is 2.30. The zero-order valence-corrected chi connectivity index (χ0v) is 22.0. The molecule has 0 bridgehead atoms. The van der Waals surface area contributed by atoms with Crippen LogP contribution < -0.4 is 25.8 Å². The third kappa shape index (κ3) is 7.45. The fourth-order valence-corrected chi connectivity index (χ4v) is 4.35. The lowest BCUT2D eigenvalue weighted by atomic mass is 10.0. The van der Waals surface area contributed by atoms with Crippen LogP contribution in [0.25, 0.3) is 0 Å². The minimum absolute atomic E-state index is 0.00854. The molecule has 2 unspecified atom stereocenters. The topological polar surface area (TPSA) is 84.0 Å². The summed E-state index contributed by atoms with van der Waals surface area (Å²) < 4.78 is 11.7. The molecule has 1 heterocycles. The molecule has 1 aliphatic rings. The molecule has 4 aromatic rings. The highest BCUT2D eigenvalue weighted by Crippen LogP contribution is 2.25. The number of carbonyl (C=O) groups is 1. The molecular formula is C31H29ClN4O3. The third-order valence-electron chi connectivity index (χ3n) is 6.37. The summed E-state index contributed by atoms with van der Waals surface area (Å²) in [7, 11) is 0. The molecule has 7 nitrogen and oxygen atoms in total. The molecule has 4 aromatic carbocycles. The maximum absolute atomic E-state index is 12.6. The van der Waals surface area contributed by atoms with E-state index in [0.717, 1.165) is 33.8 Å². The Morgan fingerprint density at radius 2 is 1.51 bits per heavy atom. The van der Waals surface area contributed by atoms with Crippen LogP contribution in [0.4, 0.5) is 0 Å². The van der Waals surface area contributed by atoms with E-state index < -0.39 is 6.04 Å². The van der Waals surface area contributed by atoms with E-state index in [1.54, 1.807) is 6.21 Å². The Morgan fingerprint density at radius 1 is 0.846 bits per heavy atom. The molecule has 1 saturated heterocycles. The van der Waals surface area contributed by atoms with Gasteiger partial charge in [0.1, 0.15) is 30.8 Å². The number of nitrogens with one attached hydrogen (secondary N) is 3. The van der Waals surface area contributed by atoms with Crippen LogP contribution in [0, 0.1) is 0 Å². The standard InChI is InChI=1S/C31H29ClN4O3/c32-28-9-5-4-8-25(28)21-39-27-16-12-24(13-17-27)29-18-30(35-34-29)31(37)36-33-19-22-10-14-26(15-11-22)38-20-23-6-2-1-3-7-23/h1-17,19,29-30,34-35H,18,20-21H2,(H,36,37)/b33-19-. The summed E-state index contributed by atoms with van der Waals surface area (Å²) in [5.41, 5.74) is 12.8. The molecule has 5 rings (SSSR count). The van der Waals surface area contributed by atoms with Gasteiger partial charge in [0.25, 0.3) is 5.91 Å². The van der Waals surface area contributed by atoms with E-state index in [4.69, 9.17) is 21.1 Å². The van der Waals surface area contributed by atoms with Crippen molar-refractivity contribution in [1.82, 2.24) is 16.3 Å². The first-order valence-electron chi connectivity index (χ1n) is 12.7. The maximum atomic E-state index is 12.6. The number of amides is 1. The van der Waals surface area contributed by atoms with Gasteiger partial charge in [-0.1, -0.05) is 72.3 Å². The maximum Gasteiger partial charge on any atom is 0.258 e. The molecule has 3 N–H and O–H groups in total. The fourth-order valence-electron chi connectivity index (χ4n) is 4.16. The van der Waals surface area contributed by atoms with Crippen molar-refractivity contribution in [2.24, 2.45) is 5.10 Å². The lowest BCUT2D eigenvalue weighted by Gasteiger charge is -2.12. The van der Waals surface area contributed by atoms with Crippen LogP contribution >= 0.6 is 11.6 Å². The van der Waals surface area contributed by atoms with E-state index >= 15 is 0 Å². The summed E-state index contributed by atoms with van der Waals surface area (Å²) in [5.74, 6) is 1.32. The number of hydrazone groups is 1. The molecule has 1 aliphatic heterocycles. The minimum atomic E-state index is -0.405. The van der Waals surface area contributed by atoms with Gasteiger partial charge in [-0.3, -0.25) is 4.79 Å². The number of carbonyl (C=O) groups excluding carboxylic acids is 1. The Labute approximate surface area is 232 Å². The summed E-state index contributed by atoms with van der Waals surface area (Å²) in [5, 5.41) is 4.80. The molecule has 2 atom stereocenters. The van der Waals surface area contributed by atoms with Gasteiger partial charge in [0, 0.05) is 16.6 Å². The van der Waals surface area contributed by atoms with Gasteiger partial charge < -0.3 is 9.47 Å². The number of hydrogen-bond acceptors (Lipinski definition) is 6. The van der Waals surface area contributed by atoms with E-state index in [2.05, 4.69) is 21.4 Å². The van der Waals surface area contributed by atoms with Crippen molar-refractivity contribution >= 4 is 23.7 Å². The number of halogens is 1. The van der Waals surface area contributed by atoms with Crippen LogP contribution in [0.15, 0.2) is 108 Å². The summed E-state index contributed by atoms with van der Waals surface area (Å²) >= 11 is 6.20. The molecule has 8 heteroatoms. The minimum Gasteiger partial charge on any atom is -0.489 e. The summed E-state index contributed by atoms with van der Waals surface area (Å²) in [4.78, 5) is 12.6. The molecule has 0 aliphatic carbocycles. The molecular weight excluding hydrogens is 512 g/mol. The summed E-state index contributed by atoms with van der Waals surface area (Å²) in [6.07, 6.45) is 2.20. The van der Waals surface area contributed by atoms with Crippen molar-refractivity contribution in [2.45, 2.75) is 31.7 Å². The second-order valence-electron chi connectivity index (χ2n) is 9.16. The SMILES string of the molecule is O=C(N/N=C\c1ccc(OCc2ccccc2)cc1)C1CC(c2ccc(OCc3ccccc3Cl)cc2)NN1. The van der Waals surface area contributed by atoms with Crippen molar-refractivity contribution in [3.63, 3.8) is 0 Å². The first-order valence-corrected chi connectivity index (χ1v) is 13.1. The van der Waals surface area contributed by atoms with E-state index in [1.165, 1.54) is 0 Å². The zero-order valence-electron chi connectivity index (χ0n) is 21.2.